The summed E-state index contributed by atoms with van der Waals surface area (Å²) in [6.45, 7) is 0.0462. The highest BCUT2D eigenvalue weighted by Crippen LogP contribution is 2.10. The third-order valence-electron chi connectivity index (χ3n) is 3.87. The first-order valence-corrected chi connectivity index (χ1v) is 8.67. The van der Waals surface area contributed by atoms with Gasteiger partial charge in [-0.25, -0.2) is 4.98 Å². The smallest absolute Gasteiger partial charge is 0.258 e. The van der Waals surface area contributed by atoms with Crippen molar-refractivity contribution >= 4 is 40.0 Å². The number of benzene rings is 1. The van der Waals surface area contributed by atoms with E-state index in [1.807, 2.05) is 12.1 Å². The third kappa shape index (κ3) is 4.92. The molecular formula is C19H17ClN4O3. The number of pyridine rings is 2. The summed E-state index contributed by atoms with van der Waals surface area (Å²) in [4.78, 5) is 40.2. The van der Waals surface area contributed by atoms with Crippen molar-refractivity contribution in [2.45, 2.75) is 13.0 Å². The number of amides is 2. The topological polar surface area (TPSA) is 93.1 Å². The van der Waals surface area contributed by atoms with Crippen molar-refractivity contribution in [1.29, 1.82) is 0 Å². The number of fused-ring (bicyclic) bond motifs is 1. The fourth-order valence-electron chi connectivity index (χ4n) is 2.54. The van der Waals surface area contributed by atoms with Crippen molar-refractivity contribution in [3.8, 4) is 0 Å². The summed E-state index contributed by atoms with van der Waals surface area (Å²) in [7, 11) is 0. The lowest BCUT2D eigenvalue weighted by Gasteiger charge is -2.09. The van der Waals surface area contributed by atoms with Crippen LogP contribution in [0.2, 0.25) is 5.02 Å². The maximum atomic E-state index is 12.4. The largest absolute Gasteiger partial charge is 0.354 e. The highest BCUT2D eigenvalue weighted by molar-refractivity contribution is 6.30. The Hall–Kier alpha value is -3.19. The Bertz CT molecular complexity index is 1030. The van der Waals surface area contributed by atoms with Gasteiger partial charge >= 0.3 is 0 Å². The quantitative estimate of drug-likeness (QED) is 0.681. The second-order valence-electron chi connectivity index (χ2n) is 5.85. The molecule has 0 spiro atoms. The van der Waals surface area contributed by atoms with Crippen LogP contribution >= 0.6 is 11.6 Å². The molecule has 0 radical (unpaired) electrons. The molecule has 8 heteroatoms. The van der Waals surface area contributed by atoms with Crippen LogP contribution in [0.3, 0.4) is 0 Å². The van der Waals surface area contributed by atoms with Crippen LogP contribution in [0, 0.1) is 0 Å². The molecule has 0 aliphatic carbocycles. The molecule has 2 aromatic heterocycles. The third-order valence-corrected chi connectivity index (χ3v) is 4.09. The summed E-state index contributed by atoms with van der Waals surface area (Å²) < 4.78 is 1.34. The summed E-state index contributed by atoms with van der Waals surface area (Å²) in [6, 6.07) is 12.2. The molecule has 2 heterocycles. The van der Waals surface area contributed by atoms with Crippen LogP contribution in [-0.4, -0.2) is 27.9 Å². The molecule has 27 heavy (non-hydrogen) atoms. The number of hydrogen-bond acceptors (Lipinski definition) is 4. The second kappa shape index (κ2) is 8.46. The molecule has 3 aromatic rings. The molecule has 138 valence electrons. The van der Waals surface area contributed by atoms with E-state index < -0.39 is 0 Å². The molecule has 7 nitrogen and oxygen atoms in total. The average molecular weight is 385 g/mol. The predicted octanol–water partition coefficient (Wildman–Crippen LogP) is 2.19. The van der Waals surface area contributed by atoms with Crippen LogP contribution < -0.4 is 16.2 Å². The van der Waals surface area contributed by atoms with Crippen LogP contribution in [0.25, 0.3) is 10.8 Å². The normalized spacial score (nSPS) is 10.6. The van der Waals surface area contributed by atoms with Gasteiger partial charge in [-0.1, -0.05) is 29.8 Å². The van der Waals surface area contributed by atoms with E-state index in [1.54, 1.807) is 36.5 Å². The average Bonchev–Trinajstić information content (AvgIpc) is 2.66. The van der Waals surface area contributed by atoms with Gasteiger partial charge in [0, 0.05) is 30.7 Å². The van der Waals surface area contributed by atoms with E-state index in [2.05, 4.69) is 15.6 Å². The van der Waals surface area contributed by atoms with Gasteiger partial charge in [-0.3, -0.25) is 14.4 Å². The number of rotatable bonds is 6. The Labute approximate surface area is 160 Å². The minimum Gasteiger partial charge on any atom is -0.354 e. The predicted molar refractivity (Wildman–Crippen MR) is 104 cm³/mol. The Morgan fingerprint density at radius 2 is 1.89 bits per heavy atom. The Morgan fingerprint density at radius 3 is 2.67 bits per heavy atom. The van der Waals surface area contributed by atoms with Crippen LogP contribution in [0.15, 0.2) is 59.7 Å². The van der Waals surface area contributed by atoms with Gasteiger partial charge in [-0.2, -0.15) is 0 Å². The Morgan fingerprint density at radius 1 is 1.07 bits per heavy atom. The maximum absolute atomic E-state index is 12.4. The first kappa shape index (κ1) is 18.6. The molecule has 0 aliphatic rings. The van der Waals surface area contributed by atoms with Crippen molar-refractivity contribution in [3.05, 3.63) is 70.2 Å². The second-order valence-corrected chi connectivity index (χ2v) is 6.28. The van der Waals surface area contributed by atoms with Crippen molar-refractivity contribution in [2.24, 2.45) is 0 Å². The SMILES string of the molecule is O=C(Cn1ccc2ccccc2c1=O)NCCC(=O)Nc1ccc(Cl)cn1. The molecule has 1 aromatic carbocycles. The Balaban J connectivity index is 1.50. The monoisotopic (exact) mass is 384 g/mol. The number of carbonyl (C=O) groups excluding carboxylic acids is 2. The van der Waals surface area contributed by atoms with E-state index in [4.69, 9.17) is 11.6 Å². The van der Waals surface area contributed by atoms with Gasteiger partial charge in [0.15, 0.2) is 0 Å². The number of nitrogens with zero attached hydrogens (tertiary/aromatic N) is 2. The molecule has 2 N–H and O–H groups in total. The molecule has 0 unspecified atom stereocenters. The molecule has 0 saturated heterocycles. The number of nitrogens with one attached hydrogen (secondary N) is 2. The number of carbonyl (C=O) groups is 2. The molecule has 0 aliphatic heterocycles. The minimum absolute atomic E-state index is 0.0860. The zero-order valence-electron chi connectivity index (χ0n) is 14.3. The molecular weight excluding hydrogens is 368 g/mol. The lowest BCUT2D eigenvalue weighted by molar-refractivity contribution is -0.121. The fourth-order valence-corrected chi connectivity index (χ4v) is 2.65. The van der Waals surface area contributed by atoms with Crippen LogP contribution in [0.5, 0.6) is 0 Å². The zero-order chi connectivity index (χ0) is 19.2. The molecule has 3 rings (SSSR count). The van der Waals surface area contributed by atoms with E-state index in [-0.39, 0.29) is 36.9 Å². The van der Waals surface area contributed by atoms with E-state index in [9.17, 15) is 14.4 Å². The first-order chi connectivity index (χ1) is 13.0. The number of aromatic nitrogens is 2. The van der Waals surface area contributed by atoms with Gasteiger partial charge in [0.1, 0.15) is 12.4 Å². The first-order valence-electron chi connectivity index (χ1n) is 8.29. The van der Waals surface area contributed by atoms with E-state index in [1.165, 1.54) is 10.8 Å². The van der Waals surface area contributed by atoms with Crippen LogP contribution in [0.4, 0.5) is 5.82 Å². The van der Waals surface area contributed by atoms with E-state index >= 15 is 0 Å². The number of anilines is 1. The van der Waals surface area contributed by atoms with Crippen molar-refractivity contribution in [3.63, 3.8) is 0 Å². The number of halogens is 1. The molecule has 2 amide bonds. The Kier molecular flexibility index (Phi) is 5.83. The molecule has 0 atom stereocenters. The van der Waals surface area contributed by atoms with Gasteiger partial charge in [0.2, 0.25) is 11.8 Å². The molecule has 0 saturated carbocycles. The zero-order valence-corrected chi connectivity index (χ0v) is 15.1. The van der Waals surface area contributed by atoms with Gasteiger partial charge in [-0.05, 0) is 29.7 Å². The van der Waals surface area contributed by atoms with Gasteiger partial charge in [-0.15, -0.1) is 0 Å². The van der Waals surface area contributed by atoms with E-state index in [0.29, 0.717) is 16.2 Å². The van der Waals surface area contributed by atoms with Crippen molar-refractivity contribution in [2.75, 3.05) is 11.9 Å². The van der Waals surface area contributed by atoms with Crippen LogP contribution in [0.1, 0.15) is 6.42 Å². The lowest BCUT2D eigenvalue weighted by Crippen LogP contribution is -2.33. The molecule has 0 bridgehead atoms. The van der Waals surface area contributed by atoms with Crippen molar-refractivity contribution in [1.82, 2.24) is 14.9 Å². The van der Waals surface area contributed by atoms with Crippen LogP contribution in [-0.2, 0) is 16.1 Å². The van der Waals surface area contributed by atoms with Gasteiger partial charge in [0.05, 0.1) is 5.02 Å². The minimum atomic E-state index is -0.343. The van der Waals surface area contributed by atoms with Gasteiger partial charge in [0.25, 0.3) is 5.56 Å². The summed E-state index contributed by atoms with van der Waals surface area (Å²) in [5, 5.41) is 7.10. The summed E-state index contributed by atoms with van der Waals surface area (Å²) >= 11 is 5.73. The number of hydrogen-bond donors (Lipinski definition) is 2. The highest BCUT2D eigenvalue weighted by atomic mass is 35.5. The summed E-state index contributed by atoms with van der Waals surface area (Å²) in [5.41, 5.74) is -0.227. The highest BCUT2D eigenvalue weighted by Gasteiger charge is 2.08. The standard InChI is InChI=1S/C19H17ClN4O3/c20-14-5-6-16(22-11-14)23-17(25)7-9-21-18(26)12-24-10-8-13-3-1-2-4-15(13)19(24)27/h1-6,8,10-11H,7,9,12H2,(H,21,26)(H,22,23,25). The lowest BCUT2D eigenvalue weighted by atomic mass is 10.2. The summed E-state index contributed by atoms with van der Waals surface area (Å²) in [6.07, 6.45) is 3.10. The van der Waals surface area contributed by atoms with Crippen molar-refractivity contribution < 1.29 is 9.59 Å². The molecule has 0 fully saturated rings. The fraction of sp³-hybridized carbons (Fsp3) is 0.158. The van der Waals surface area contributed by atoms with E-state index in [0.717, 1.165) is 5.39 Å². The maximum Gasteiger partial charge on any atom is 0.258 e. The van der Waals surface area contributed by atoms with Gasteiger partial charge < -0.3 is 15.2 Å². The summed E-state index contributed by atoms with van der Waals surface area (Å²) in [5.74, 6) is -0.240.